The minimum atomic E-state index is -3.29. The summed E-state index contributed by atoms with van der Waals surface area (Å²) in [6.07, 6.45) is 4.02. The summed E-state index contributed by atoms with van der Waals surface area (Å²) in [5.41, 5.74) is 6.93. The molecule has 3 rings (SSSR count). The van der Waals surface area contributed by atoms with Crippen molar-refractivity contribution in [2.24, 2.45) is 0 Å². The molecule has 2 aromatic heterocycles. The van der Waals surface area contributed by atoms with Crippen molar-refractivity contribution in [1.29, 1.82) is 0 Å². The Hall–Kier alpha value is -1.96. The SMILES string of the molecule is CCOP(=O)(/C=C1\CC[C@H](n2cnc3c(N)ncnc32)O1)OCC. The van der Waals surface area contributed by atoms with Gasteiger partial charge in [0.25, 0.3) is 0 Å². The predicted octanol–water partition coefficient (Wildman–Crippen LogP) is 2.83. The minimum absolute atomic E-state index is 0.298. The maximum absolute atomic E-state index is 12.6. The lowest BCUT2D eigenvalue weighted by molar-refractivity contribution is 0.101. The van der Waals surface area contributed by atoms with Crippen molar-refractivity contribution < 1.29 is 18.3 Å². The number of hydrogen-bond donors (Lipinski definition) is 1. The number of fused-ring (bicyclic) bond motifs is 1. The largest absolute Gasteiger partial charge is 0.474 e. The van der Waals surface area contributed by atoms with Gasteiger partial charge >= 0.3 is 7.60 Å². The van der Waals surface area contributed by atoms with E-state index in [4.69, 9.17) is 19.5 Å². The molecule has 0 saturated carbocycles. The zero-order valence-corrected chi connectivity index (χ0v) is 14.5. The molecule has 10 heteroatoms. The van der Waals surface area contributed by atoms with Gasteiger partial charge in [-0.05, 0) is 13.8 Å². The maximum Gasteiger partial charge on any atom is 0.357 e. The van der Waals surface area contributed by atoms with Crippen molar-refractivity contribution in [3.05, 3.63) is 24.2 Å². The molecular formula is C14H20N5O4P. The average molecular weight is 353 g/mol. The number of nitrogens with zero attached hydrogens (tertiary/aromatic N) is 4. The fourth-order valence-electron chi connectivity index (χ4n) is 2.58. The number of rotatable bonds is 6. The first kappa shape index (κ1) is 16.9. The highest BCUT2D eigenvalue weighted by atomic mass is 31.2. The van der Waals surface area contributed by atoms with Crippen molar-refractivity contribution >= 4 is 24.6 Å². The van der Waals surface area contributed by atoms with Gasteiger partial charge in [0.2, 0.25) is 0 Å². The van der Waals surface area contributed by atoms with Crippen LogP contribution in [0.1, 0.15) is 32.9 Å². The van der Waals surface area contributed by atoms with Gasteiger partial charge in [-0.3, -0.25) is 9.13 Å². The van der Waals surface area contributed by atoms with Crippen LogP contribution in [0, 0.1) is 0 Å². The lowest BCUT2D eigenvalue weighted by Crippen LogP contribution is -2.06. The number of imidazole rings is 1. The van der Waals surface area contributed by atoms with Crippen LogP contribution in [-0.4, -0.2) is 32.7 Å². The topological polar surface area (TPSA) is 114 Å². The van der Waals surface area contributed by atoms with Crippen molar-refractivity contribution in [3.8, 4) is 0 Å². The standard InChI is InChI=1S/C14H20N5O4P/c1-3-21-24(20,22-4-2)7-10-5-6-11(23-10)19-9-18-12-13(15)16-8-17-14(12)19/h7-9,11H,3-6H2,1-2H3,(H2,15,16,17)/b10-7+/t11-/m1/s1. The van der Waals surface area contributed by atoms with E-state index in [1.54, 1.807) is 24.7 Å². The Balaban J connectivity index is 1.83. The van der Waals surface area contributed by atoms with E-state index in [0.29, 0.717) is 48.8 Å². The number of anilines is 1. The van der Waals surface area contributed by atoms with E-state index >= 15 is 0 Å². The van der Waals surface area contributed by atoms with E-state index < -0.39 is 7.60 Å². The van der Waals surface area contributed by atoms with Gasteiger partial charge in [0.15, 0.2) is 17.7 Å². The van der Waals surface area contributed by atoms with E-state index in [1.165, 1.54) is 12.1 Å². The second kappa shape index (κ2) is 6.88. The molecule has 1 fully saturated rings. The Morgan fingerprint density at radius 2 is 2.12 bits per heavy atom. The van der Waals surface area contributed by atoms with Gasteiger partial charge < -0.3 is 19.5 Å². The van der Waals surface area contributed by atoms with Crippen LogP contribution >= 0.6 is 7.60 Å². The van der Waals surface area contributed by atoms with Crippen molar-refractivity contribution in [3.63, 3.8) is 0 Å². The second-order valence-corrected chi connectivity index (χ2v) is 7.02. The third kappa shape index (κ3) is 3.28. The van der Waals surface area contributed by atoms with Gasteiger partial charge in [-0.2, -0.15) is 0 Å². The molecule has 130 valence electrons. The van der Waals surface area contributed by atoms with Gasteiger partial charge in [0.05, 0.1) is 19.0 Å². The van der Waals surface area contributed by atoms with Crippen LogP contribution in [0.25, 0.3) is 11.2 Å². The van der Waals surface area contributed by atoms with Crippen molar-refractivity contribution in [2.75, 3.05) is 18.9 Å². The van der Waals surface area contributed by atoms with Crippen LogP contribution in [0.15, 0.2) is 24.2 Å². The highest BCUT2D eigenvalue weighted by Gasteiger charge is 2.29. The Morgan fingerprint density at radius 1 is 1.38 bits per heavy atom. The molecule has 1 atom stereocenters. The smallest absolute Gasteiger partial charge is 0.357 e. The number of hydrogen-bond acceptors (Lipinski definition) is 8. The summed E-state index contributed by atoms with van der Waals surface area (Å²) >= 11 is 0. The van der Waals surface area contributed by atoms with Gasteiger partial charge in [-0.15, -0.1) is 0 Å². The maximum atomic E-state index is 12.6. The summed E-state index contributed by atoms with van der Waals surface area (Å²) in [5, 5.41) is 0. The number of allylic oxidation sites excluding steroid dienone is 1. The van der Waals surface area contributed by atoms with Crippen LogP contribution in [0.5, 0.6) is 0 Å². The van der Waals surface area contributed by atoms with E-state index in [1.807, 2.05) is 0 Å². The lowest BCUT2D eigenvalue weighted by Gasteiger charge is -2.15. The molecule has 0 bridgehead atoms. The van der Waals surface area contributed by atoms with Crippen molar-refractivity contribution in [2.45, 2.75) is 32.9 Å². The fraction of sp³-hybridized carbons (Fsp3) is 0.500. The van der Waals surface area contributed by atoms with E-state index in [0.717, 1.165) is 0 Å². The second-order valence-electron chi connectivity index (χ2n) is 5.16. The summed E-state index contributed by atoms with van der Waals surface area (Å²) in [7, 11) is -3.29. The fourth-order valence-corrected chi connectivity index (χ4v) is 4.06. The quantitative estimate of drug-likeness (QED) is 0.789. The molecule has 2 N–H and O–H groups in total. The number of nitrogen functional groups attached to an aromatic ring is 1. The molecule has 1 aliphatic heterocycles. The zero-order chi connectivity index (χ0) is 17.2. The number of nitrogens with two attached hydrogens (primary N) is 1. The molecule has 0 aliphatic carbocycles. The third-order valence-electron chi connectivity index (χ3n) is 3.54. The highest BCUT2D eigenvalue weighted by Crippen LogP contribution is 2.52. The first-order valence-electron chi connectivity index (χ1n) is 7.76. The molecule has 0 radical (unpaired) electrons. The molecule has 1 saturated heterocycles. The number of aromatic nitrogens is 4. The predicted molar refractivity (Wildman–Crippen MR) is 88.0 cm³/mol. The van der Waals surface area contributed by atoms with Crippen LogP contribution in [0.2, 0.25) is 0 Å². The van der Waals surface area contributed by atoms with E-state index in [9.17, 15) is 4.57 Å². The normalized spacial score (nSPS) is 19.9. The van der Waals surface area contributed by atoms with E-state index in [-0.39, 0.29) is 6.23 Å². The van der Waals surface area contributed by atoms with E-state index in [2.05, 4.69) is 15.0 Å². The molecule has 1 aliphatic rings. The van der Waals surface area contributed by atoms with Crippen LogP contribution < -0.4 is 5.73 Å². The Bertz CT molecular complexity index is 796. The average Bonchev–Trinajstić information content (AvgIpc) is 3.14. The van der Waals surface area contributed by atoms with Gasteiger partial charge in [-0.1, -0.05) is 0 Å². The molecule has 0 unspecified atom stereocenters. The van der Waals surface area contributed by atoms with Crippen molar-refractivity contribution in [1.82, 2.24) is 19.5 Å². The zero-order valence-electron chi connectivity index (χ0n) is 13.6. The van der Waals surface area contributed by atoms with Gasteiger partial charge in [0.1, 0.15) is 23.9 Å². The first-order chi connectivity index (χ1) is 11.6. The molecular weight excluding hydrogens is 333 g/mol. The summed E-state index contributed by atoms with van der Waals surface area (Å²) in [6, 6.07) is 0. The Morgan fingerprint density at radius 3 is 2.83 bits per heavy atom. The summed E-state index contributed by atoms with van der Waals surface area (Å²) in [6.45, 7) is 4.13. The van der Waals surface area contributed by atoms with Crippen LogP contribution in [-0.2, 0) is 18.3 Å². The lowest BCUT2D eigenvalue weighted by atomic mass is 10.3. The molecule has 3 heterocycles. The Labute approximate surface area is 139 Å². The highest BCUT2D eigenvalue weighted by molar-refractivity contribution is 7.57. The Kier molecular flexibility index (Phi) is 4.84. The molecule has 0 aromatic carbocycles. The number of ether oxygens (including phenoxy) is 1. The molecule has 0 spiro atoms. The molecule has 0 amide bonds. The summed E-state index contributed by atoms with van der Waals surface area (Å²) < 4.78 is 30.8. The molecule has 2 aromatic rings. The third-order valence-corrected chi connectivity index (χ3v) is 5.38. The first-order valence-corrected chi connectivity index (χ1v) is 9.37. The van der Waals surface area contributed by atoms with Crippen LogP contribution in [0.4, 0.5) is 5.82 Å². The van der Waals surface area contributed by atoms with Gasteiger partial charge in [-0.25, -0.2) is 15.0 Å². The summed E-state index contributed by atoms with van der Waals surface area (Å²) in [4.78, 5) is 12.4. The monoisotopic (exact) mass is 353 g/mol. The summed E-state index contributed by atoms with van der Waals surface area (Å²) in [5.74, 6) is 2.36. The minimum Gasteiger partial charge on any atom is -0.474 e. The van der Waals surface area contributed by atoms with Crippen LogP contribution in [0.3, 0.4) is 0 Å². The molecule has 9 nitrogen and oxygen atoms in total. The van der Waals surface area contributed by atoms with Gasteiger partial charge in [0, 0.05) is 12.8 Å². The molecule has 24 heavy (non-hydrogen) atoms.